The van der Waals surface area contributed by atoms with Crippen LogP contribution in [0.25, 0.3) is 10.8 Å². The minimum atomic E-state index is -0.265. The highest BCUT2D eigenvalue weighted by Crippen LogP contribution is 2.46. The van der Waals surface area contributed by atoms with Gasteiger partial charge in [-0.25, -0.2) is 0 Å². The van der Waals surface area contributed by atoms with Crippen molar-refractivity contribution in [2.75, 3.05) is 11.5 Å². The fourth-order valence-corrected chi connectivity index (χ4v) is 4.33. The summed E-state index contributed by atoms with van der Waals surface area (Å²) >= 11 is 0. The number of ether oxygens (including phenoxy) is 3. The number of hydrogen-bond donors (Lipinski definition) is 0. The van der Waals surface area contributed by atoms with Crippen LogP contribution < -0.4 is 14.4 Å². The number of nitrogens with zero attached hydrogens (tertiary/aromatic N) is 1. The molecule has 1 aliphatic rings. The predicted molar refractivity (Wildman–Crippen MR) is 137 cm³/mol. The minimum Gasteiger partial charge on any atom is -0.490 e. The number of hydrogen-bond acceptors (Lipinski definition) is 5. The molecule has 0 N–H and O–H groups in total. The van der Waals surface area contributed by atoms with Gasteiger partial charge in [0.25, 0.3) is 5.91 Å². The Kier molecular flexibility index (Phi) is 7.29. The molecule has 0 saturated heterocycles. The average molecular weight is 476 g/mol. The Bertz CT molecular complexity index is 1230. The van der Waals surface area contributed by atoms with Crippen LogP contribution >= 0.6 is 0 Å². The molecule has 1 aliphatic heterocycles. The normalized spacial score (nSPS) is 13.8. The third kappa shape index (κ3) is 4.97. The molecule has 3 aromatic carbocycles. The Balaban J connectivity index is 1.78. The molecular weight excluding hydrogens is 442 g/mol. The third-order valence-electron chi connectivity index (χ3n) is 6.14. The second-order valence-electron chi connectivity index (χ2n) is 9.10. The zero-order valence-corrected chi connectivity index (χ0v) is 21.1. The summed E-state index contributed by atoms with van der Waals surface area (Å²) in [7, 11) is 0. The maximum atomic E-state index is 13.8. The van der Waals surface area contributed by atoms with Gasteiger partial charge in [-0.2, -0.15) is 0 Å². The molecule has 35 heavy (non-hydrogen) atoms. The van der Waals surface area contributed by atoms with Gasteiger partial charge in [-0.15, -0.1) is 0 Å². The monoisotopic (exact) mass is 475 g/mol. The van der Waals surface area contributed by atoms with Gasteiger partial charge in [-0.1, -0.05) is 43.3 Å². The molecule has 0 bridgehead atoms. The summed E-state index contributed by atoms with van der Waals surface area (Å²) in [5.74, 6) is 0.971. The first-order valence-electron chi connectivity index (χ1n) is 12.3. The van der Waals surface area contributed by atoms with Crippen LogP contribution in [0.15, 0.2) is 48.5 Å². The molecule has 4 rings (SSSR count). The van der Waals surface area contributed by atoms with E-state index in [4.69, 9.17) is 14.2 Å². The van der Waals surface area contributed by atoms with E-state index in [1.807, 2.05) is 69.3 Å². The summed E-state index contributed by atoms with van der Waals surface area (Å²) < 4.78 is 17.7. The highest BCUT2D eigenvalue weighted by Gasteiger charge is 2.37. The molecule has 0 radical (unpaired) electrons. The summed E-state index contributed by atoms with van der Waals surface area (Å²) in [6.07, 6.45) is 0.943. The van der Waals surface area contributed by atoms with Crippen molar-refractivity contribution in [3.8, 4) is 11.5 Å². The van der Waals surface area contributed by atoms with E-state index in [9.17, 15) is 9.59 Å². The molecular formula is C29H33NO5. The standard InChI is InChI=1S/C29H33NO5/c1-6-19(5)35-28-23-11-9-8-10-22(23)27(34-18(3)4)24-17-30(29(32)26(24)28)21-14-12-20(13-15-21)16-25(31)33-7-2/h8-15,18-19H,6-7,16-17H2,1-5H3. The van der Waals surface area contributed by atoms with Crippen molar-refractivity contribution in [2.24, 2.45) is 0 Å². The maximum absolute atomic E-state index is 13.8. The first kappa shape index (κ1) is 24.6. The van der Waals surface area contributed by atoms with Crippen LogP contribution in [0, 0.1) is 0 Å². The molecule has 0 aliphatic carbocycles. The third-order valence-corrected chi connectivity index (χ3v) is 6.14. The summed E-state index contributed by atoms with van der Waals surface area (Å²) in [6.45, 7) is 10.6. The van der Waals surface area contributed by atoms with E-state index in [0.717, 1.165) is 39.8 Å². The van der Waals surface area contributed by atoms with Crippen LogP contribution in [0.2, 0.25) is 0 Å². The van der Waals surface area contributed by atoms with Gasteiger partial charge in [0, 0.05) is 22.0 Å². The van der Waals surface area contributed by atoms with Crippen LogP contribution in [0.1, 0.15) is 62.5 Å². The first-order chi connectivity index (χ1) is 16.8. The molecule has 0 aromatic heterocycles. The lowest BCUT2D eigenvalue weighted by Crippen LogP contribution is -2.23. The zero-order valence-electron chi connectivity index (χ0n) is 21.1. The summed E-state index contributed by atoms with van der Waals surface area (Å²) in [4.78, 5) is 27.4. The summed E-state index contributed by atoms with van der Waals surface area (Å²) in [5, 5.41) is 1.82. The second kappa shape index (κ2) is 10.4. The number of fused-ring (bicyclic) bond motifs is 2. The smallest absolute Gasteiger partial charge is 0.310 e. The Morgan fingerprint density at radius 1 is 0.943 bits per heavy atom. The van der Waals surface area contributed by atoms with E-state index in [0.29, 0.717) is 24.5 Å². The van der Waals surface area contributed by atoms with Gasteiger partial charge in [0.05, 0.1) is 37.3 Å². The van der Waals surface area contributed by atoms with Gasteiger partial charge in [-0.3, -0.25) is 9.59 Å². The van der Waals surface area contributed by atoms with Gasteiger partial charge < -0.3 is 19.1 Å². The number of amides is 1. The second-order valence-corrected chi connectivity index (χ2v) is 9.10. The van der Waals surface area contributed by atoms with E-state index in [1.54, 1.807) is 11.8 Å². The lowest BCUT2D eigenvalue weighted by atomic mass is 9.99. The number of rotatable bonds is 9. The maximum Gasteiger partial charge on any atom is 0.310 e. The van der Waals surface area contributed by atoms with Gasteiger partial charge in [0.1, 0.15) is 11.5 Å². The fraction of sp³-hybridized carbons (Fsp3) is 0.379. The predicted octanol–water partition coefficient (Wildman–Crippen LogP) is 6.07. The van der Waals surface area contributed by atoms with Crippen molar-refractivity contribution < 1.29 is 23.8 Å². The fourth-order valence-electron chi connectivity index (χ4n) is 4.33. The van der Waals surface area contributed by atoms with Crippen molar-refractivity contribution in [3.05, 3.63) is 65.2 Å². The molecule has 6 heteroatoms. The van der Waals surface area contributed by atoms with Crippen molar-refractivity contribution in [2.45, 2.75) is 66.2 Å². The van der Waals surface area contributed by atoms with Crippen molar-refractivity contribution in [1.29, 1.82) is 0 Å². The van der Waals surface area contributed by atoms with Crippen LogP contribution in [0.5, 0.6) is 11.5 Å². The molecule has 0 spiro atoms. The van der Waals surface area contributed by atoms with Gasteiger partial charge in [0.2, 0.25) is 0 Å². The van der Waals surface area contributed by atoms with Gasteiger partial charge >= 0.3 is 5.97 Å². The van der Waals surface area contributed by atoms with Crippen LogP contribution in [0.3, 0.4) is 0 Å². The molecule has 0 fully saturated rings. The quantitative estimate of drug-likeness (QED) is 0.352. The van der Waals surface area contributed by atoms with Crippen LogP contribution in [-0.2, 0) is 22.5 Å². The molecule has 3 aromatic rings. The van der Waals surface area contributed by atoms with E-state index in [2.05, 4.69) is 6.92 Å². The highest BCUT2D eigenvalue weighted by molar-refractivity contribution is 6.16. The first-order valence-corrected chi connectivity index (χ1v) is 12.3. The van der Waals surface area contributed by atoms with E-state index < -0.39 is 0 Å². The van der Waals surface area contributed by atoms with Gasteiger partial charge in [-0.05, 0) is 51.8 Å². The van der Waals surface area contributed by atoms with Gasteiger partial charge in [0.15, 0.2) is 0 Å². The van der Waals surface area contributed by atoms with Crippen molar-refractivity contribution in [1.82, 2.24) is 0 Å². The number of esters is 1. The molecule has 184 valence electrons. The lowest BCUT2D eigenvalue weighted by molar-refractivity contribution is -0.142. The highest BCUT2D eigenvalue weighted by atomic mass is 16.5. The molecule has 1 unspecified atom stereocenters. The van der Waals surface area contributed by atoms with E-state index in [1.165, 1.54) is 0 Å². The Labute approximate surface area is 206 Å². The summed E-state index contributed by atoms with van der Waals surface area (Å²) in [5.41, 5.74) is 3.01. The van der Waals surface area contributed by atoms with Crippen LogP contribution in [-0.4, -0.2) is 30.7 Å². The number of anilines is 1. The minimum absolute atomic E-state index is 0.0385. The molecule has 0 saturated carbocycles. The Morgan fingerprint density at radius 3 is 2.20 bits per heavy atom. The summed E-state index contributed by atoms with van der Waals surface area (Å²) in [6, 6.07) is 15.4. The molecule has 1 atom stereocenters. The Morgan fingerprint density at radius 2 is 1.60 bits per heavy atom. The number of carbonyl (C=O) groups excluding carboxylic acids is 2. The zero-order chi connectivity index (χ0) is 25.1. The molecule has 1 amide bonds. The SMILES string of the molecule is CCOC(=O)Cc1ccc(N2Cc3c(c(OC(C)CC)c4ccccc4c3OC(C)C)C2=O)cc1. The molecule has 6 nitrogen and oxygen atoms in total. The van der Waals surface area contributed by atoms with E-state index >= 15 is 0 Å². The average Bonchev–Trinajstić information content (AvgIpc) is 3.18. The largest absolute Gasteiger partial charge is 0.490 e. The van der Waals surface area contributed by atoms with Crippen molar-refractivity contribution in [3.63, 3.8) is 0 Å². The number of carbonyl (C=O) groups is 2. The number of benzene rings is 3. The lowest BCUT2D eigenvalue weighted by Gasteiger charge is -2.21. The topological polar surface area (TPSA) is 65.1 Å². The van der Waals surface area contributed by atoms with Crippen LogP contribution in [0.4, 0.5) is 5.69 Å². The van der Waals surface area contributed by atoms with Crippen molar-refractivity contribution >= 4 is 28.3 Å². The molecule has 1 heterocycles. The van der Waals surface area contributed by atoms with E-state index in [-0.39, 0.29) is 30.5 Å². The Hall–Kier alpha value is -3.54.